The van der Waals surface area contributed by atoms with Crippen molar-refractivity contribution in [1.29, 1.82) is 0 Å². The molecule has 4 rings (SSSR count). The Hall–Kier alpha value is -3.45. The Morgan fingerprint density at radius 1 is 1.13 bits per heavy atom. The van der Waals surface area contributed by atoms with Gasteiger partial charge >= 0.3 is 0 Å². The van der Waals surface area contributed by atoms with Crippen LogP contribution < -0.4 is 19.6 Å². The smallest absolute Gasteiger partial charge is 0.291 e. The van der Waals surface area contributed by atoms with E-state index >= 15 is 0 Å². The zero-order valence-corrected chi connectivity index (χ0v) is 17.4. The molecule has 0 atom stereocenters. The molecule has 0 saturated heterocycles. The van der Waals surface area contributed by atoms with E-state index in [1.165, 1.54) is 15.9 Å². The average molecular weight is 420 g/mol. The zero-order valence-electron chi connectivity index (χ0n) is 16.6. The fourth-order valence-electron chi connectivity index (χ4n) is 2.90. The van der Waals surface area contributed by atoms with Crippen molar-refractivity contribution in [2.75, 3.05) is 13.2 Å². The maximum Gasteiger partial charge on any atom is 0.291 e. The lowest BCUT2D eigenvalue weighted by atomic mass is 10.2. The van der Waals surface area contributed by atoms with Crippen LogP contribution in [0, 0.1) is 0 Å². The third kappa shape index (κ3) is 4.11. The Kier molecular flexibility index (Phi) is 5.90. The van der Waals surface area contributed by atoms with Crippen LogP contribution in [0.5, 0.6) is 11.5 Å². The normalized spacial score (nSPS) is 11.7. The second kappa shape index (κ2) is 8.92. The molecule has 152 valence electrons. The van der Waals surface area contributed by atoms with Gasteiger partial charge in [0, 0.05) is 11.1 Å². The van der Waals surface area contributed by atoms with Gasteiger partial charge in [0.05, 0.1) is 11.1 Å². The first-order valence-corrected chi connectivity index (χ1v) is 10.5. The van der Waals surface area contributed by atoms with Gasteiger partial charge in [0.2, 0.25) is 4.96 Å². The van der Waals surface area contributed by atoms with Crippen LogP contribution in [-0.4, -0.2) is 27.8 Å². The number of hydrogen-bond donors (Lipinski definition) is 0. The van der Waals surface area contributed by atoms with Gasteiger partial charge in [0.15, 0.2) is 5.82 Å². The largest absolute Gasteiger partial charge is 0.493 e. The van der Waals surface area contributed by atoms with Gasteiger partial charge in [-0.05, 0) is 42.8 Å². The van der Waals surface area contributed by atoms with Crippen molar-refractivity contribution in [3.8, 4) is 22.9 Å². The van der Waals surface area contributed by atoms with Crippen LogP contribution in [0.1, 0.15) is 18.9 Å². The van der Waals surface area contributed by atoms with E-state index in [0.717, 1.165) is 29.0 Å². The Balaban J connectivity index is 1.66. The van der Waals surface area contributed by atoms with Gasteiger partial charge in [-0.25, -0.2) is 0 Å². The number of hydrogen-bond acceptors (Lipinski definition) is 6. The van der Waals surface area contributed by atoms with Crippen molar-refractivity contribution >= 4 is 22.4 Å². The number of para-hydroxylation sites is 1. The van der Waals surface area contributed by atoms with E-state index in [1.54, 1.807) is 6.08 Å². The summed E-state index contributed by atoms with van der Waals surface area (Å²) in [5, 5.41) is 4.40. The lowest BCUT2D eigenvalue weighted by Gasteiger charge is -2.07. The van der Waals surface area contributed by atoms with Gasteiger partial charge in [0.25, 0.3) is 5.56 Å². The van der Waals surface area contributed by atoms with Crippen LogP contribution in [0.2, 0.25) is 0 Å². The van der Waals surface area contributed by atoms with Crippen molar-refractivity contribution in [3.05, 3.63) is 81.6 Å². The molecule has 0 aliphatic heterocycles. The Labute approximate surface area is 177 Å². The van der Waals surface area contributed by atoms with Crippen LogP contribution >= 0.6 is 11.3 Å². The molecule has 0 unspecified atom stereocenters. The van der Waals surface area contributed by atoms with Crippen LogP contribution in [-0.2, 0) is 0 Å². The summed E-state index contributed by atoms with van der Waals surface area (Å²) in [6.07, 6.45) is 4.44. The topological polar surface area (TPSA) is 65.7 Å². The van der Waals surface area contributed by atoms with E-state index in [9.17, 15) is 4.79 Å². The second-order valence-electron chi connectivity index (χ2n) is 6.56. The van der Waals surface area contributed by atoms with Gasteiger partial charge < -0.3 is 9.47 Å². The molecule has 4 aromatic rings. The number of fused-ring (bicyclic) bond motifs is 1. The Morgan fingerprint density at radius 3 is 2.67 bits per heavy atom. The first kappa shape index (κ1) is 19.8. The second-order valence-corrected chi connectivity index (χ2v) is 7.57. The summed E-state index contributed by atoms with van der Waals surface area (Å²) >= 11 is 1.31. The van der Waals surface area contributed by atoms with Crippen molar-refractivity contribution in [1.82, 2.24) is 14.6 Å². The van der Waals surface area contributed by atoms with Gasteiger partial charge in [-0.2, -0.15) is 9.50 Å². The lowest BCUT2D eigenvalue weighted by molar-refractivity contribution is 0.317. The van der Waals surface area contributed by atoms with E-state index in [0.29, 0.717) is 28.5 Å². The van der Waals surface area contributed by atoms with Crippen LogP contribution in [0.4, 0.5) is 0 Å². The van der Waals surface area contributed by atoms with E-state index in [4.69, 9.17) is 9.47 Å². The van der Waals surface area contributed by atoms with Gasteiger partial charge in [-0.3, -0.25) is 4.79 Å². The zero-order chi connectivity index (χ0) is 20.9. The van der Waals surface area contributed by atoms with E-state index in [2.05, 4.69) is 23.6 Å². The SMILES string of the molecule is C=CCOc1ccc(-c2nc3s/c(=C\c4ccccc4OCCC)c(=O)n3n2)cc1. The van der Waals surface area contributed by atoms with Crippen LogP contribution in [0.3, 0.4) is 0 Å². The number of thiazole rings is 1. The van der Waals surface area contributed by atoms with Gasteiger partial charge in [-0.15, -0.1) is 5.10 Å². The predicted octanol–water partition coefficient (Wildman–Crippen LogP) is 3.72. The number of rotatable bonds is 8. The minimum Gasteiger partial charge on any atom is -0.493 e. The van der Waals surface area contributed by atoms with Crippen LogP contribution in [0.25, 0.3) is 22.4 Å². The molecule has 0 amide bonds. The van der Waals surface area contributed by atoms with Crippen molar-refractivity contribution in [2.45, 2.75) is 13.3 Å². The highest BCUT2D eigenvalue weighted by molar-refractivity contribution is 7.15. The monoisotopic (exact) mass is 419 g/mol. The number of benzene rings is 2. The fraction of sp³-hybridized carbons (Fsp3) is 0.174. The summed E-state index contributed by atoms with van der Waals surface area (Å²) in [4.78, 5) is 17.9. The summed E-state index contributed by atoms with van der Waals surface area (Å²) in [6.45, 7) is 6.77. The number of ether oxygens (including phenoxy) is 2. The molecule has 30 heavy (non-hydrogen) atoms. The first-order chi connectivity index (χ1) is 14.7. The predicted molar refractivity (Wildman–Crippen MR) is 119 cm³/mol. The third-order valence-corrected chi connectivity index (χ3v) is 5.29. The summed E-state index contributed by atoms with van der Waals surface area (Å²) in [5.41, 5.74) is 1.49. The number of nitrogens with zero attached hydrogens (tertiary/aromatic N) is 3. The molecule has 0 fully saturated rings. The van der Waals surface area contributed by atoms with Gasteiger partial charge in [0.1, 0.15) is 18.1 Å². The molecule has 0 N–H and O–H groups in total. The highest BCUT2D eigenvalue weighted by Crippen LogP contribution is 2.21. The quantitative estimate of drug-likeness (QED) is 0.407. The average Bonchev–Trinajstić information content (AvgIpc) is 3.31. The maximum atomic E-state index is 12.8. The molecule has 2 aromatic heterocycles. The van der Waals surface area contributed by atoms with Crippen molar-refractivity contribution < 1.29 is 9.47 Å². The summed E-state index contributed by atoms with van der Waals surface area (Å²) in [7, 11) is 0. The minimum absolute atomic E-state index is 0.190. The Bertz CT molecular complexity index is 1280. The molecule has 0 saturated carbocycles. The molecule has 0 aliphatic carbocycles. The maximum absolute atomic E-state index is 12.8. The molecule has 0 bridgehead atoms. The fourth-order valence-corrected chi connectivity index (χ4v) is 3.79. The van der Waals surface area contributed by atoms with Crippen molar-refractivity contribution in [2.24, 2.45) is 0 Å². The standard InChI is InChI=1S/C23H21N3O3S/c1-3-13-28-18-11-9-16(10-12-18)21-24-23-26(25-21)22(27)20(30-23)15-17-7-5-6-8-19(17)29-14-4-2/h3,5-12,15H,1,4,13-14H2,2H3/b20-15-. The minimum atomic E-state index is -0.190. The lowest BCUT2D eigenvalue weighted by Crippen LogP contribution is -2.23. The summed E-state index contributed by atoms with van der Waals surface area (Å²) < 4.78 is 13.2. The molecule has 0 spiro atoms. The molecule has 2 heterocycles. The Morgan fingerprint density at radius 2 is 1.93 bits per heavy atom. The first-order valence-electron chi connectivity index (χ1n) is 9.67. The molecular weight excluding hydrogens is 398 g/mol. The molecular formula is C23H21N3O3S. The van der Waals surface area contributed by atoms with E-state index in [-0.39, 0.29) is 5.56 Å². The third-order valence-electron chi connectivity index (χ3n) is 4.33. The van der Waals surface area contributed by atoms with E-state index in [1.807, 2.05) is 54.6 Å². The molecule has 2 aromatic carbocycles. The molecule has 6 nitrogen and oxygen atoms in total. The molecule has 0 aliphatic rings. The van der Waals surface area contributed by atoms with Crippen LogP contribution in [0.15, 0.2) is 66.0 Å². The van der Waals surface area contributed by atoms with Gasteiger partial charge in [-0.1, -0.05) is 49.1 Å². The van der Waals surface area contributed by atoms with E-state index < -0.39 is 0 Å². The molecule has 0 radical (unpaired) electrons. The number of aromatic nitrogens is 3. The highest BCUT2D eigenvalue weighted by Gasteiger charge is 2.12. The molecule has 7 heteroatoms. The summed E-state index contributed by atoms with van der Waals surface area (Å²) in [5.74, 6) is 2.01. The highest BCUT2D eigenvalue weighted by atomic mass is 32.1. The van der Waals surface area contributed by atoms with Crippen molar-refractivity contribution in [3.63, 3.8) is 0 Å². The summed E-state index contributed by atoms with van der Waals surface area (Å²) in [6, 6.07) is 15.1.